The molecule has 112 valence electrons. The van der Waals surface area contributed by atoms with Gasteiger partial charge in [0.2, 0.25) is 5.91 Å². The Morgan fingerprint density at radius 2 is 2.11 bits per heavy atom. The number of nitrogens with one attached hydrogen (secondary N) is 1. The molecule has 0 heterocycles. The number of carbonyl (C=O) groups excluding carboxylic acids is 1. The molecule has 1 aliphatic rings. The Morgan fingerprint density at radius 1 is 1.42 bits per heavy atom. The van der Waals surface area contributed by atoms with Crippen LogP contribution in [0.1, 0.15) is 45.4 Å². The van der Waals surface area contributed by atoms with Gasteiger partial charge in [-0.05, 0) is 38.6 Å². The van der Waals surface area contributed by atoms with E-state index in [1.54, 1.807) is 0 Å². The van der Waals surface area contributed by atoms with Crippen molar-refractivity contribution in [1.29, 1.82) is 0 Å². The fourth-order valence-electron chi connectivity index (χ4n) is 2.62. The molecule has 0 bridgehead atoms. The van der Waals surface area contributed by atoms with Gasteiger partial charge in [-0.1, -0.05) is 13.3 Å². The molecule has 6 heteroatoms. The minimum Gasteiger partial charge on any atom is -0.353 e. The molecule has 0 aliphatic heterocycles. The van der Waals surface area contributed by atoms with Gasteiger partial charge in [-0.3, -0.25) is 4.79 Å². The van der Waals surface area contributed by atoms with Crippen molar-refractivity contribution < 1.29 is 18.0 Å². The van der Waals surface area contributed by atoms with Gasteiger partial charge in [0.05, 0.1) is 5.92 Å². The highest BCUT2D eigenvalue weighted by Gasteiger charge is 2.43. The van der Waals surface area contributed by atoms with Gasteiger partial charge in [0.25, 0.3) is 0 Å². The van der Waals surface area contributed by atoms with Gasteiger partial charge >= 0.3 is 6.18 Å². The van der Waals surface area contributed by atoms with Gasteiger partial charge in [-0.2, -0.15) is 13.2 Å². The average Bonchev–Trinajstić information content (AvgIpc) is 2.37. The van der Waals surface area contributed by atoms with Crippen LogP contribution >= 0.6 is 0 Å². The minimum atomic E-state index is -4.18. The predicted octanol–water partition coefficient (Wildman–Crippen LogP) is 2.60. The molecule has 0 aromatic rings. The van der Waals surface area contributed by atoms with Crippen molar-refractivity contribution in [2.24, 2.45) is 17.6 Å². The van der Waals surface area contributed by atoms with Crippen molar-refractivity contribution in [2.75, 3.05) is 6.54 Å². The third-order valence-corrected chi connectivity index (χ3v) is 3.86. The second-order valence-electron chi connectivity index (χ2n) is 5.29. The Balaban J connectivity index is 2.52. The topological polar surface area (TPSA) is 55.1 Å². The zero-order valence-corrected chi connectivity index (χ0v) is 11.3. The van der Waals surface area contributed by atoms with Crippen LogP contribution in [-0.2, 0) is 4.79 Å². The third kappa shape index (κ3) is 5.01. The number of carbonyl (C=O) groups is 1. The predicted molar refractivity (Wildman–Crippen MR) is 67.4 cm³/mol. The summed E-state index contributed by atoms with van der Waals surface area (Å²) >= 11 is 0. The lowest BCUT2D eigenvalue weighted by atomic mass is 9.80. The molecule has 1 fully saturated rings. The van der Waals surface area contributed by atoms with Gasteiger partial charge in [-0.25, -0.2) is 0 Å². The Hall–Kier alpha value is -0.780. The molecule has 0 aromatic heterocycles. The number of alkyl halides is 3. The van der Waals surface area contributed by atoms with E-state index >= 15 is 0 Å². The zero-order valence-electron chi connectivity index (χ0n) is 11.3. The minimum absolute atomic E-state index is 0.0243. The van der Waals surface area contributed by atoms with E-state index in [1.807, 2.05) is 6.92 Å². The zero-order chi connectivity index (χ0) is 14.5. The molecular formula is C13H23F3N2O. The van der Waals surface area contributed by atoms with E-state index in [-0.39, 0.29) is 24.8 Å². The number of nitrogens with two attached hydrogens (primary N) is 1. The number of amides is 1. The van der Waals surface area contributed by atoms with Gasteiger partial charge in [0.1, 0.15) is 0 Å². The number of rotatable bonds is 5. The van der Waals surface area contributed by atoms with E-state index < -0.39 is 18.0 Å². The molecule has 3 N–H and O–H groups in total. The van der Waals surface area contributed by atoms with Crippen LogP contribution < -0.4 is 11.1 Å². The lowest BCUT2D eigenvalue weighted by Gasteiger charge is -2.30. The van der Waals surface area contributed by atoms with Crippen molar-refractivity contribution >= 4 is 5.91 Å². The molecule has 0 saturated heterocycles. The van der Waals surface area contributed by atoms with Crippen molar-refractivity contribution in [3.05, 3.63) is 0 Å². The molecule has 1 aliphatic carbocycles. The first kappa shape index (κ1) is 16.3. The van der Waals surface area contributed by atoms with Crippen LogP contribution in [0.4, 0.5) is 13.2 Å². The Morgan fingerprint density at radius 3 is 2.63 bits per heavy atom. The maximum atomic E-state index is 12.7. The van der Waals surface area contributed by atoms with Crippen molar-refractivity contribution in [3.8, 4) is 0 Å². The maximum Gasteiger partial charge on any atom is 0.391 e. The smallest absolute Gasteiger partial charge is 0.353 e. The third-order valence-electron chi connectivity index (χ3n) is 3.86. The molecule has 19 heavy (non-hydrogen) atoms. The molecule has 0 aromatic carbocycles. The fourth-order valence-corrected chi connectivity index (χ4v) is 2.62. The molecular weight excluding hydrogens is 257 g/mol. The summed E-state index contributed by atoms with van der Waals surface area (Å²) in [5.74, 6) is -2.08. The van der Waals surface area contributed by atoms with Crippen LogP contribution in [0.2, 0.25) is 0 Å². The summed E-state index contributed by atoms with van der Waals surface area (Å²) in [6.45, 7) is 2.40. The summed E-state index contributed by atoms with van der Waals surface area (Å²) in [5.41, 5.74) is 5.44. The summed E-state index contributed by atoms with van der Waals surface area (Å²) in [6.07, 6.45) is -1.68. The molecule has 3 atom stereocenters. The highest BCUT2D eigenvalue weighted by Crippen LogP contribution is 2.39. The van der Waals surface area contributed by atoms with E-state index in [0.29, 0.717) is 25.8 Å². The monoisotopic (exact) mass is 280 g/mol. The number of hydrogen-bond acceptors (Lipinski definition) is 2. The van der Waals surface area contributed by atoms with Gasteiger partial charge < -0.3 is 11.1 Å². The lowest BCUT2D eigenvalue weighted by molar-refractivity contribution is -0.186. The quantitative estimate of drug-likeness (QED) is 0.813. The fraction of sp³-hybridized carbons (Fsp3) is 0.923. The standard InChI is InChI=1S/C13H23F3N2O/c1-2-11(6-7-17)18-12(19)9-4-3-5-10(8-9)13(14,15)16/h9-11H,2-8,17H2,1H3,(H,18,19). The van der Waals surface area contributed by atoms with E-state index in [4.69, 9.17) is 5.73 Å². The van der Waals surface area contributed by atoms with Crippen LogP contribution in [-0.4, -0.2) is 24.7 Å². The van der Waals surface area contributed by atoms with E-state index in [0.717, 1.165) is 6.42 Å². The first-order valence-electron chi connectivity index (χ1n) is 6.95. The molecule has 0 spiro atoms. The summed E-state index contributed by atoms with van der Waals surface area (Å²) in [4.78, 5) is 12.0. The van der Waals surface area contributed by atoms with Crippen molar-refractivity contribution in [3.63, 3.8) is 0 Å². The molecule has 1 amide bonds. The maximum absolute atomic E-state index is 12.7. The Bertz CT molecular complexity index is 294. The second kappa shape index (κ2) is 7.12. The second-order valence-corrected chi connectivity index (χ2v) is 5.29. The lowest BCUT2D eigenvalue weighted by Crippen LogP contribution is -2.42. The molecule has 0 radical (unpaired) electrons. The molecule has 1 rings (SSSR count). The number of hydrogen-bond donors (Lipinski definition) is 2. The van der Waals surface area contributed by atoms with Gasteiger partial charge in [-0.15, -0.1) is 0 Å². The van der Waals surface area contributed by atoms with Crippen LogP contribution in [0.25, 0.3) is 0 Å². The van der Waals surface area contributed by atoms with Crippen molar-refractivity contribution in [2.45, 2.75) is 57.7 Å². The number of halogens is 3. The van der Waals surface area contributed by atoms with Crippen molar-refractivity contribution in [1.82, 2.24) is 5.32 Å². The normalized spacial score (nSPS) is 25.9. The van der Waals surface area contributed by atoms with Crippen LogP contribution in [0.3, 0.4) is 0 Å². The Kier molecular flexibility index (Phi) is 6.10. The highest BCUT2D eigenvalue weighted by atomic mass is 19.4. The van der Waals surface area contributed by atoms with E-state index in [9.17, 15) is 18.0 Å². The average molecular weight is 280 g/mol. The summed E-state index contributed by atoms with van der Waals surface area (Å²) in [7, 11) is 0. The van der Waals surface area contributed by atoms with E-state index in [1.165, 1.54) is 0 Å². The first-order valence-corrected chi connectivity index (χ1v) is 6.95. The summed E-state index contributed by atoms with van der Waals surface area (Å²) < 4.78 is 38.0. The van der Waals surface area contributed by atoms with Crippen LogP contribution in [0.5, 0.6) is 0 Å². The van der Waals surface area contributed by atoms with E-state index in [2.05, 4.69) is 5.32 Å². The first-order chi connectivity index (χ1) is 8.88. The van der Waals surface area contributed by atoms with Crippen LogP contribution in [0.15, 0.2) is 0 Å². The molecule has 3 unspecified atom stereocenters. The molecule has 3 nitrogen and oxygen atoms in total. The van der Waals surface area contributed by atoms with Crippen LogP contribution in [0, 0.1) is 11.8 Å². The molecule has 1 saturated carbocycles. The highest BCUT2D eigenvalue weighted by molar-refractivity contribution is 5.79. The summed E-state index contributed by atoms with van der Waals surface area (Å²) in [5, 5.41) is 2.82. The SMILES string of the molecule is CCC(CCN)NC(=O)C1CCCC(C(F)(F)F)C1. The largest absolute Gasteiger partial charge is 0.391 e. The summed E-state index contributed by atoms with van der Waals surface area (Å²) in [6, 6.07) is -0.0243. The van der Waals surface area contributed by atoms with Gasteiger partial charge in [0.15, 0.2) is 0 Å². The van der Waals surface area contributed by atoms with Gasteiger partial charge in [0, 0.05) is 12.0 Å². The Labute approximate surface area is 112 Å².